The third kappa shape index (κ3) is 6.02. The van der Waals surface area contributed by atoms with Crippen LogP contribution in [0.1, 0.15) is 58.2 Å². The second kappa shape index (κ2) is 8.47. The number of ether oxygens (including phenoxy) is 2. The molecule has 2 aromatic carbocycles. The van der Waals surface area contributed by atoms with E-state index in [-0.39, 0.29) is 10.8 Å². The summed E-state index contributed by atoms with van der Waals surface area (Å²) in [4.78, 5) is 0. The summed E-state index contributed by atoms with van der Waals surface area (Å²) in [5.74, 6) is 1.62. The molecule has 0 fully saturated rings. The molecule has 0 aliphatic carbocycles. The summed E-state index contributed by atoms with van der Waals surface area (Å²) >= 11 is 0. The summed E-state index contributed by atoms with van der Waals surface area (Å²) in [6, 6.07) is 13.9. The molecule has 0 atom stereocenters. The Labute approximate surface area is 162 Å². The Morgan fingerprint density at radius 1 is 0.889 bits per heavy atom. The third-order valence-corrected chi connectivity index (χ3v) is 4.33. The zero-order valence-electron chi connectivity index (χ0n) is 17.2. The van der Waals surface area contributed by atoms with E-state index < -0.39 is 0 Å². The van der Waals surface area contributed by atoms with Crippen molar-refractivity contribution in [3.8, 4) is 11.5 Å². The molecule has 0 heterocycles. The molecule has 27 heavy (non-hydrogen) atoms. The van der Waals surface area contributed by atoms with Crippen molar-refractivity contribution in [3.63, 3.8) is 0 Å². The minimum absolute atomic E-state index is 0.00455. The lowest BCUT2D eigenvalue weighted by atomic mass is 9.80. The Morgan fingerprint density at radius 3 is 2.22 bits per heavy atom. The SMILES string of the molecule is CC(C)(C)c1ccc(OCCOc2cccc(C=NO)c2)c(C(C)(C)C)c1. The average molecular weight is 370 g/mol. The van der Waals surface area contributed by atoms with Gasteiger partial charge < -0.3 is 14.7 Å². The summed E-state index contributed by atoms with van der Waals surface area (Å²) in [5.41, 5.74) is 3.39. The minimum atomic E-state index is -0.00455. The van der Waals surface area contributed by atoms with Gasteiger partial charge in [0.1, 0.15) is 24.7 Å². The highest BCUT2D eigenvalue weighted by atomic mass is 16.5. The Hall–Kier alpha value is -2.49. The Kier molecular flexibility index (Phi) is 6.53. The maximum Gasteiger partial charge on any atom is 0.123 e. The van der Waals surface area contributed by atoms with Crippen LogP contribution in [0.3, 0.4) is 0 Å². The van der Waals surface area contributed by atoms with Crippen molar-refractivity contribution in [2.75, 3.05) is 13.2 Å². The van der Waals surface area contributed by atoms with Crippen LogP contribution in [0, 0.1) is 0 Å². The van der Waals surface area contributed by atoms with Gasteiger partial charge in [0.05, 0.1) is 6.21 Å². The molecule has 0 aromatic heterocycles. The number of hydrogen-bond acceptors (Lipinski definition) is 4. The first-order valence-electron chi connectivity index (χ1n) is 9.29. The summed E-state index contributed by atoms with van der Waals surface area (Å²) in [7, 11) is 0. The van der Waals surface area contributed by atoms with E-state index in [9.17, 15) is 0 Å². The van der Waals surface area contributed by atoms with Crippen LogP contribution in [0.4, 0.5) is 0 Å². The fraction of sp³-hybridized carbons (Fsp3) is 0.435. The van der Waals surface area contributed by atoms with Crippen molar-refractivity contribution >= 4 is 6.21 Å². The van der Waals surface area contributed by atoms with Gasteiger partial charge in [-0.15, -0.1) is 0 Å². The van der Waals surface area contributed by atoms with Crippen LogP contribution in [0.15, 0.2) is 47.6 Å². The largest absolute Gasteiger partial charge is 0.490 e. The molecule has 2 rings (SSSR count). The van der Waals surface area contributed by atoms with Gasteiger partial charge in [-0.3, -0.25) is 0 Å². The van der Waals surface area contributed by atoms with Crippen molar-refractivity contribution in [3.05, 3.63) is 59.2 Å². The van der Waals surface area contributed by atoms with Crippen LogP contribution in [0.5, 0.6) is 11.5 Å². The zero-order chi connectivity index (χ0) is 20.1. The molecular weight excluding hydrogens is 338 g/mol. The molecule has 0 amide bonds. The van der Waals surface area contributed by atoms with E-state index in [0.717, 1.165) is 17.1 Å². The standard InChI is InChI=1S/C23H31NO3/c1-22(2,3)18-10-11-21(20(15-18)23(4,5)6)27-13-12-26-19-9-7-8-17(14-19)16-24-25/h7-11,14-16,25H,12-13H2,1-6H3. The molecule has 0 aliphatic rings. The van der Waals surface area contributed by atoms with E-state index in [4.69, 9.17) is 14.7 Å². The van der Waals surface area contributed by atoms with Gasteiger partial charge >= 0.3 is 0 Å². The van der Waals surface area contributed by atoms with E-state index in [2.05, 4.69) is 64.9 Å². The monoisotopic (exact) mass is 369 g/mol. The van der Waals surface area contributed by atoms with Crippen molar-refractivity contribution in [1.82, 2.24) is 0 Å². The van der Waals surface area contributed by atoms with E-state index in [0.29, 0.717) is 13.2 Å². The smallest absolute Gasteiger partial charge is 0.123 e. The van der Waals surface area contributed by atoms with Gasteiger partial charge in [-0.05, 0) is 45.7 Å². The molecule has 146 valence electrons. The minimum Gasteiger partial charge on any atom is -0.490 e. The molecule has 0 unspecified atom stereocenters. The van der Waals surface area contributed by atoms with Gasteiger partial charge in [0.2, 0.25) is 0 Å². The van der Waals surface area contributed by atoms with Crippen LogP contribution in [-0.2, 0) is 10.8 Å². The molecule has 0 saturated carbocycles. The summed E-state index contributed by atoms with van der Waals surface area (Å²) in [5, 5.41) is 11.7. The van der Waals surface area contributed by atoms with Crippen molar-refractivity contribution in [1.29, 1.82) is 0 Å². The second-order valence-corrected chi connectivity index (χ2v) is 8.72. The first kappa shape index (κ1) is 20.8. The predicted octanol–water partition coefficient (Wildman–Crippen LogP) is 5.55. The topological polar surface area (TPSA) is 51.0 Å². The predicted molar refractivity (Wildman–Crippen MR) is 111 cm³/mol. The van der Waals surface area contributed by atoms with Gasteiger partial charge in [-0.1, -0.05) is 71.0 Å². The Balaban J connectivity index is 2.04. The number of nitrogens with zero attached hydrogens (tertiary/aromatic N) is 1. The fourth-order valence-corrected chi connectivity index (χ4v) is 2.77. The van der Waals surface area contributed by atoms with Gasteiger partial charge in [0.15, 0.2) is 0 Å². The molecule has 0 saturated heterocycles. The van der Waals surface area contributed by atoms with Crippen LogP contribution in [-0.4, -0.2) is 24.6 Å². The zero-order valence-corrected chi connectivity index (χ0v) is 17.2. The second-order valence-electron chi connectivity index (χ2n) is 8.72. The quantitative estimate of drug-likeness (QED) is 0.314. The van der Waals surface area contributed by atoms with Gasteiger partial charge in [0.25, 0.3) is 0 Å². The lowest BCUT2D eigenvalue weighted by Gasteiger charge is -2.27. The Morgan fingerprint density at radius 2 is 1.59 bits per heavy atom. The number of oxime groups is 1. The van der Waals surface area contributed by atoms with Crippen LogP contribution in [0.25, 0.3) is 0 Å². The summed E-state index contributed by atoms with van der Waals surface area (Å²) < 4.78 is 11.8. The van der Waals surface area contributed by atoms with Crippen molar-refractivity contribution in [2.45, 2.75) is 52.4 Å². The highest BCUT2D eigenvalue weighted by Crippen LogP contribution is 2.35. The fourth-order valence-electron chi connectivity index (χ4n) is 2.77. The summed E-state index contributed by atoms with van der Waals surface area (Å²) in [6.07, 6.45) is 1.37. The molecule has 1 N–H and O–H groups in total. The van der Waals surface area contributed by atoms with E-state index in [1.165, 1.54) is 17.3 Å². The van der Waals surface area contributed by atoms with Crippen LogP contribution >= 0.6 is 0 Å². The van der Waals surface area contributed by atoms with E-state index in [1.807, 2.05) is 24.3 Å². The number of benzene rings is 2. The van der Waals surface area contributed by atoms with Crippen molar-refractivity contribution < 1.29 is 14.7 Å². The molecule has 0 aliphatic heterocycles. The molecule has 0 bridgehead atoms. The third-order valence-electron chi connectivity index (χ3n) is 4.33. The first-order chi connectivity index (χ1) is 12.6. The lowest BCUT2D eigenvalue weighted by molar-refractivity contribution is 0.214. The number of rotatable bonds is 6. The highest BCUT2D eigenvalue weighted by molar-refractivity contribution is 5.79. The molecular formula is C23H31NO3. The Bertz CT molecular complexity index is 783. The van der Waals surface area contributed by atoms with E-state index in [1.54, 1.807) is 0 Å². The average Bonchev–Trinajstić information content (AvgIpc) is 2.58. The normalized spacial score (nSPS) is 12.4. The molecule has 2 aromatic rings. The van der Waals surface area contributed by atoms with Gasteiger partial charge in [0, 0.05) is 0 Å². The number of hydrogen-bond donors (Lipinski definition) is 1. The van der Waals surface area contributed by atoms with Crippen molar-refractivity contribution in [2.24, 2.45) is 5.16 Å². The highest BCUT2D eigenvalue weighted by Gasteiger charge is 2.23. The first-order valence-corrected chi connectivity index (χ1v) is 9.29. The summed E-state index contributed by atoms with van der Waals surface area (Å²) in [6.45, 7) is 14.2. The lowest BCUT2D eigenvalue weighted by Crippen LogP contribution is -2.19. The molecule has 0 radical (unpaired) electrons. The van der Waals surface area contributed by atoms with E-state index >= 15 is 0 Å². The molecule has 4 nitrogen and oxygen atoms in total. The van der Waals surface area contributed by atoms with Crippen LogP contribution < -0.4 is 9.47 Å². The van der Waals surface area contributed by atoms with Gasteiger partial charge in [-0.2, -0.15) is 0 Å². The van der Waals surface area contributed by atoms with Crippen LogP contribution in [0.2, 0.25) is 0 Å². The molecule has 0 spiro atoms. The van der Waals surface area contributed by atoms with Gasteiger partial charge in [-0.25, -0.2) is 0 Å². The molecule has 4 heteroatoms. The maximum atomic E-state index is 8.62. The maximum absolute atomic E-state index is 8.62.